The molecule has 2 atom stereocenters. The number of ketones is 2. The number of carbonyl (C=O) groups excluding carboxylic acids is 4. The molecule has 2 N–H and O–H groups in total. The van der Waals surface area contributed by atoms with E-state index in [9.17, 15) is 19.2 Å². The van der Waals surface area contributed by atoms with Gasteiger partial charge in [-0.25, -0.2) is 0 Å². The second-order valence-corrected chi connectivity index (χ2v) is 12.1. The summed E-state index contributed by atoms with van der Waals surface area (Å²) in [6.07, 6.45) is -0.135. The van der Waals surface area contributed by atoms with Crippen molar-refractivity contribution in [2.75, 3.05) is 39.4 Å². The minimum Gasteiger partial charge on any atom is -0.379 e. The van der Waals surface area contributed by atoms with E-state index in [0.717, 1.165) is 11.1 Å². The molecule has 2 amide bonds. The van der Waals surface area contributed by atoms with Gasteiger partial charge >= 0.3 is 5.92 Å². The van der Waals surface area contributed by atoms with E-state index in [2.05, 4.69) is 10.6 Å². The van der Waals surface area contributed by atoms with E-state index in [4.69, 9.17) is 27.9 Å². The van der Waals surface area contributed by atoms with Crippen molar-refractivity contribution < 1.29 is 32.7 Å². The van der Waals surface area contributed by atoms with Crippen LogP contribution in [0.5, 0.6) is 0 Å². The molecule has 8 nitrogen and oxygen atoms in total. The molecule has 2 aromatic rings. The quantitative estimate of drug-likeness (QED) is 0.258. The molecule has 240 valence electrons. The van der Waals surface area contributed by atoms with Crippen molar-refractivity contribution in [2.24, 2.45) is 11.8 Å². The molecule has 3 rings (SSSR count). The zero-order chi connectivity index (χ0) is 32.3. The Bertz CT molecular complexity index is 1270. The van der Waals surface area contributed by atoms with E-state index in [1.54, 1.807) is 62.4 Å². The van der Waals surface area contributed by atoms with Gasteiger partial charge in [-0.1, -0.05) is 67.4 Å². The van der Waals surface area contributed by atoms with Crippen LogP contribution in [-0.4, -0.2) is 79.6 Å². The molecule has 0 unspecified atom stereocenters. The van der Waals surface area contributed by atoms with Gasteiger partial charge in [0.15, 0.2) is 5.78 Å². The van der Waals surface area contributed by atoms with Crippen LogP contribution in [0.15, 0.2) is 48.5 Å². The van der Waals surface area contributed by atoms with Gasteiger partial charge in [0.05, 0.1) is 19.3 Å². The molecule has 12 heteroatoms. The van der Waals surface area contributed by atoms with Gasteiger partial charge in [0.25, 0.3) is 5.91 Å². The van der Waals surface area contributed by atoms with Crippen LogP contribution in [0.4, 0.5) is 8.78 Å². The van der Waals surface area contributed by atoms with Gasteiger partial charge in [-0.15, -0.1) is 0 Å². The van der Waals surface area contributed by atoms with Crippen molar-refractivity contribution in [1.82, 2.24) is 15.5 Å². The van der Waals surface area contributed by atoms with Crippen molar-refractivity contribution in [2.45, 2.75) is 51.5 Å². The average Bonchev–Trinajstić information content (AvgIpc) is 2.98. The summed E-state index contributed by atoms with van der Waals surface area (Å²) in [5.41, 5.74) is 1.48. The van der Waals surface area contributed by atoms with Crippen LogP contribution in [0, 0.1) is 11.8 Å². The normalized spacial score (nSPS) is 15.4. The predicted octanol–water partition coefficient (Wildman–Crippen LogP) is 4.54. The molecule has 44 heavy (non-hydrogen) atoms. The van der Waals surface area contributed by atoms with Gasteiger partial charge < -0.3 is 15.4 Å². The van der Waals surface area contributed by atoms with Crippen LogP contribution in [0.25, 0.3) is 0 Å². The number of alkyl halides is 2. The Morgan fingerprint density at radius 3 is 2.23 bits per heavy atom. The first kappa shape index (κ1) is 35.6. The average molecular weight is 655 g/mol. The number of ether oxygens (including phenoxy) is 1. The maximum atomic E-state index is 15.1. The number of aryl methyl sites for hydroxylation is 1. The third-order valence-electron chi connectivity index (χ3n) is 7.54. The molecule has 1 aliphatic rings. The fourth-order valence-corrected chi connectivity index (χ4v) is 5.54. The zero-order valence-corrected chi connectivity index (χ0v) is 26.4. The number of nitrogens with one attached hydrogen (secondary N) is 2. The summed E-state index contributed by atoms with van der Waals surface area (Å²) in [7, 11) is 0. The van der Waals surface area contributed by atoms with E-state index < -0.39 is 53.6 Å². The van der Waals surface area contributed by atoms with Crippen LogP contribution < -0.4 is 10.6 Å². The number of halogens is 4. The molecule has 1 saturated heterocycles. The molecule has 0 aliphatic carbocycles. The number of nitrogens with zero attached hydrogens (tertiary/aromatic N) is 1. The van der Waals surface area contributed by atoms with Gasteiger partial charge in [0.1, 0.15) is 0 Å². The van der Waals surface area contributed by atoms with Gasteiger partial charge in [-0.05, 0) is 48.1 Å². The highest BCUT2D eigenvalue weighted by atomic mass is 35.5. The van der Waals surface area contributed by atoms with Crippen molar-refractivity contribution >= 4 is 46.6 Å². The van der Waals surface area contributed by atoms with Crippen LogP contribution in [0.1, 0.15) is 37.8 Å². The number of hydrogen-bond donors (Lipinski definition) is 2. The molecule has 1 heterocycles. The van der Waals surface area contributed by atoms with Gasteiger partial charge in [0.2, 0.25) is 11.7 Å². The summed E-state index contributed by atoms with van der Waals surface area (Å²) >= 11 is 12.1. The number of hydrogen-bond acceptors (Lipinski definition) is 6. The monoisotopic (exact) mass is 653 g/mol. The molecule has 1 aliphatic heterocycles. The summed E-state index contributed by atoms with van der Waals surface area (Å²) in [4.78, 5) is 53.9. The topological polar surface area (TPSA) is 105 Å². The summed E-state index contributed by atoms with van der Waals surface area (Å²) < 4.78 is 35.5. The van der Waals surface area contributed by atoms with Crippen LogP contribution in [0.3, 0.4) is 0 Å². The number of rotatable bonds is 16. The van der Waals surface area contributed by atoms with Crippen LogP contribution in [0.2, 0.25) is 10.0 Å². The number of carbonyl (C=O) groups is 4. The Balaban J connectivity index is 1.67. The third kappa shape index (κ3) is 10.9. The maximum Gasteiger partial charge on any atom is 0.381 e. The van der Waals surface area contributed by atoms with E-state index in [1.165, 1.54) is 0 Å². The Hall–Kier alpha value is -2.92. The largest absolute Gasteiger partial charge is 0.381 e. The number of morpholine rings is 1. The first-order valence-electron chi connectivity index (χ1n) is 14.7. The van der Waals surface area contributed by atoms with Gasteiger partial charge in [-0.2, -0.15) is 8.78 Å². The lowest BCUT2D eigenvalue weighted by Crippen LogP contribution is -2.52. The second kappa shape index (κ2) is 17.0. The molecule has 0 radical (unpaired) electrons. The summed E-state index contributed by atoms with van der Waals surface area (Å²) in [5.74, 6) is -10.8. The van der Waals surface area contributed by atoms with Gasteiger partial charge in [-0.3, -0.25) is 24.1 Å². The Morgan fingerprint density at radius 2 is 1.61 bits per heavy atom. The Morgan fingerprint density at radius 1 is 0.977 bits per heavy atom. The molecule has 0 saturated carbocycles. The highest BCUT2D eigenvalue weighted by molar-refractivity contribution is 6.34. The standard InChI is InChI=1S/C32H39Cl2F2N3O5/c1-21(2)26(30(42)32(35,36)31(43)37-10-11-39-12-14-44-15-13-39)20-28(40)27(18-22-6-4-3-5-7-22)38-29(41)9-8-23-16-24(33)19-25(34)17-23/h3-7,16-17,19,21,26-27H,8-15,18,20H2,1-2H3,(H,37,43)(H,38,41)/t26-,27-/m0/s1. The molecule has 0 spiro atoms. The SMILES string of the molecule is CC(C)[C@H](CC(=O)[C@H](Cc1ccccc1)NC(=O)CCc1cc(Cl)cc(Cl)c1)C(=O)C(F)(F)C(=O)NCCN1CCOCC1. The number of benzene rings is 2. The lowest BCUT2D eigenvalue weighted by Gasteiger charge is -2.28. The fraction of sp³-hybridized carbons (Fsp3) is 0.500. The lowest BCUT2D eigenvalue weighted by molar-refractivity contribution is -0.162. The lowest BCUT2D eigenvalue weighted by atomic mass is 9.82. The van der Waals surface area contributed by atoms with Crippen LogP contribution >= 0.6 is 23.2 Å². The van der Waals surface area contributed by atoms with Crippen molar-refractivity contribution in [1.29, 1.82) is 0 Å². The molecular formula is C32H39Cl2F2N3O5. The summed E-state index contributed by atoms with van der Waals surface area (Å²) in [6, 6.07) is 12.8. The predicted molar refractivity (Wildman–Crippen MR) is 165 cm³/mol. The highest BCUT2D eigenvalue weighted by Gasteiger charge is 2.51. The van der Waals surface area contributed by atoms with Crippen molar-refractivity contribution in [3.63, 3.8) is 0 Å². The highest BCUT2D eigenvalue weighted by Crippen LogP contribution is 2.28. The summed E-state index contributed by atoms with van der Waals surface area (Å²) in [5, 5.41) is 5.74. The smallest absolute Gasteiger partial charge is 0.379 e. The fourth-order valence-electron chi connectivity index (χ4n) is 4.97. The van der Waals surface area contributed by atoms with E-state index in [0.29, 0.717) is 49.3 Å². The number of Topliss-reactive ketones (excluding diaryl/α,β-unsaturated/α-hetero) is 2. The Labute approximate surface area is 266 Å². The zero-order valence-electron chi connectivity index (χ0n) is 24.9. The second-order valence-electron chi connectivity index (χ2n) is 11.3. The minimum atomic E-state index is -4.32. The number of amides is 2. The summed E-state index contributed by atoms with van der Waals surface area (Å²) in [6.45, 7) is 5.67. The maximum absolute atomic E-state index is 15.1. The molecule has 0 aromatic heterocycles. The Kier molecular flexibility index (Phi) is 13.7. The molecule has 0 bridgehead atoms. The van der Waals surface area contributed by atoms with Gasteiger partial charge in [0, 0.05) is 55.0 Å². The van der Waals surface area contributed by atoms with Crippen molar-refractivity contribution in [3.8, 4) is 0 Å². The first-order chi connectivity index (χ1) is 20.9. The van der Waals surface area contributed by atoms with E-state index in [1.807, 2.05) is 4.90 Å². The third-order valence-corrected chi connectivity index (χ3v) is 7.98. The minimum absolute atomic E-state index is 0.0183. The molecular weight excluding hydrogens is 615 g/mol. The van der Waals surface area contributed by atoms with E-state index in [-0.39, 0.29) is 19.4 Å². The van der Waals surface area contributed by atoms with E-state index >= 15 is 8.78 Å². The van der Waals surface area contributed by atoms with Crippen LogP contribution in [-0.2, 0) is 36.8 Å². The van der Waals surface area contributed by atoms with Crippen molar-refractivity contribution in [3.05, 3.63) is 69.7 Å². The molecule has 2 aromatic carbocycles. The molecule has 1 fully saturated rings. The first-order valence-corrected chi connectivity index (χ1v) is 15.4.